The Morgan fingerprint density at radius 3 is 2.23 bits per heavy atom. The van der Waals surface area contributed by atoms with Crippen molar-refractivity contribution in [3.05, 3.63) is 71.9 Å². The Bertz CT molecular complexity index is 1980. The molecule has 0 spiro atoms. The molecule has 17 heteroatoms. The Balaban J connectivity index is 1.33. The van der Waals surface area contributed by atoms with E-state index >= 15 is 0 Å². The van der Waals surface area contributed by atoms with Crippen LogP contribution in [0, 0.1) is 11.3 Å². The van der Waals surface area contributed by atoms with E-state index in [0.29, 0.717) is 58.0 Å². The number of nitrogens with two attached hydrogens (primary N) is 2. The summed E-state index contributed by atoms with van der Waals surface area (Å²) in [7, 11) is 0. The number of carbonyl (C=O) groups is 6. The predicted octanol–water partition coefficient (Wildman–Crippen LogP) is 2.33. The number of aromatic nitrogens is 1. The first-order valence-corrected chi connectivity index (χ1v) is 22.0. The summed E-state index contributed by atoms with van der Waals surface area (Å²) in [5, 5.41) is 32.2. The predicted molar refractivity (Wildman–Crippen MR) is 235 cm³/mol. The van der Waals surface area contributed by atoms with Crippen LogP contribution in [0.5, 0.6) is 0 Å². The number of hydrogen-bond acceptors (Lipinski definition) is 8. The molecule has 0 bridgehead atoms. The molecule has 12 N–H and O–H groups in total. The molecule has 2 aliphatic rings. The highest BCUT2D eigenvalue weighted by Crippen LogP contribution is 2.28. The lowest BCUT2D eigenvalue weighted by Crippen LogP contribution is -2.59. The molecule has 1 aliphatic heterocycles. The number of aryl methyl sites for hydroxylation is 1. The molecule has 5 amide bonds. The van der Waals surface area contributed by atoms with E-state index < -0.39 is 53.9 Å². The first kappa shape index (κ1) is 47.1. The van der Waals surface area contributed by atoms with E-state index in [4.69, 9.17) is 16.9 Å². The van der Waals surface area contributed by atoms with Gasteiger partial charge in [-0.15, -0.1) is 0 Å². The number of para-hydroxylation sites is 1. The highest BCUT2D eigenvalue weighted by atomic mass is 16.4. The number of carboxylic acid groups (broad SMARTS) is 1. The molecule has 2 heterocycles. The number of aliphatic carboxylic acids is 1. The van der Waals surface area contributed by atoms with Gasteiger partial charge in [0.1, 0.15) is 30.2 Å². The molecule has 0 radical (unpaired) electrons. The number of carboxylic acids is 1. The minimum absolute atomic E-state index is 0.0239. The molecule has 1 saturated heterocycles. The summed E-state index contributed by atoms with van der Waals surface area (Å²) in [5.74, 6) is -3.83. The molecule has 2 aromatic carbocycles. The normalized spacial score (nSPS) is 17.3. The van der Waals surface area contributed by atoms with Gasteiger partial charge in [0.25, 0.3) is 0 Å². The maximum atomic E-state index is 14.5. The van der Waals surface area contributed by atoms with Gasteiger partial charge in [-0.1, -0.05) is 80.6 Å². The minimum atomic E-state index is -1.29. The molecule has 1 aromatic heterocycles. The van der Waals surface area contributed by atoms with Crippen LogP contribution in [0.25, 0.3) is 10.9 Å². The van der Waals surface area contributed by atoms with Crippen LogP contribution in [0.1, 0.15) is 94.6 Å². The number of benzene rings is 2. The summed E-state index contributed by atoms with van der Waals surface area (Å²) in [6.07, 6.45) is 9.63. The second-order valence-electron chi connectivity index (χ2n) is 16.5. The summed E-state index contributed by atoms with van der Waals surface area (Å²) in [6.45, 7) is 0.854. The molecular weight excluding hydrogens is 793 g/mol. The Hall–Kier alpha value is -5.97. The highest BCUT2D eigenvalue weighted by Gasteiger charge is 2.40. The summed E-state index contributed by atoms with van der Waals surface area (Å²) in [6, 6.07) is 11.8. The van der Waals surface area contributed by atoms with Gasteiger partial charge in [-0.2, -0.15) is 0 Å². The van der Waals surface area contributed by atoms with E-state index in [1.807, 2.05) is 54.6 Å². The largest absolute Gasteiger partial charge is 0.480 e. The first-order chi connectivity index (χ1) is 29.9. The standard InChI is InChI=1S/C45H64N10O7/c46-23-9-18-34(51-39(56)22-21-29-12-3-1-4-13-29)43(60)55-25-11-20-38(55)42(59)54-36(26-30-14-5-2-6-15-30)40(57)53-37(27-31-28-50-33-17-8-7-16-32(31)33)41(58)52-35(44(61)62)19-10-24-49-45(47)48/h1,3-4,7-8,12-13,16-17,28,30,34-38,50H,2,5-6,9-11,14-15,18-27,46H2,(H,51,56)(H,52,58)(H,53,57)(H,54,59)(H,61,62)(H4,47,48,49)/t34-,35-,36+,37-,38-/m0/s1. The van der Waals surface area contributed by atoms with E-state index in [9.17, 15) is 33.9 Å². The average Bonchev–Trinajstić information content (AvgIpc) is 3.93. The number of nitrogens with zero attached hydrogens (tertiary/aromatic N) is 1. The van der Waals surface area contributed by atoms with Crippen molar-refractivity contribution in [3.63, 3.8) is 0 Å². The maximum Gasteiger partial charge on any atom is 0.326 e. The summed E-state index contributed by atoms with van der Waals surface area (Å²) < 4.78 is 0. The van der Waals surface area contributed by atoms with Crippen LogP contribution in [0.15, 0.2) is 60.8 Å². The van der Waals surface area contributed by atoms with Gasteiger partial charge in [0.05, 0.1) is 0 Å². The van der Waals surface area contributed by atoms with Gasteiger partial charge in [0, 0.05) is 43.0 Å². The number of aromatic amines is 1. The van der Waals surface area contributed by atoms with Gasteiger partial charge < -0.3 is 53.0 Å². The SMILES string of the molecule is N=C(N)NCCC[C@H](NC(=O)[C@H](Cc1c[nH]c2ccccc12)NC(=O)[C@@H](CC1CCCCC1)NC(=O)[C@@H]1CCCN1C(=O)[C@H](CCCN)NC(=O)CCc1ccccc1)C(=O)O. The van der Waals surface area contributed by atoms with E-state index in [1.54, 1.807) is 6.20 Å². The second-order valence-corrected chi connectivity index (χ2v) is 16.5. The second kappa shape index (κ2) is 23.9. The Labute approximate surface area is 362 Å². The number of carbonyl (C=O) groups excluding carboxylic acids is 5. The zero-order valence-electron chi connectivity index (χ0n) is 35.5. The third-order valence-corrected chi connectivity index (χ3v) is 11.9. The smallest absolute Gasteiger partial charge is 0.326 e. The fourth-order valence-electron chi connectivity index (χ4n) is 8.57. The first-order valence-electron chi connectivity index (χ1n) is 22.0. The molecule has 0 unspecified atom stereocenters. The van der Waals surface area contributed by atoms with Crippen molar-refractivity contribution >= 4 is 52.4 Å². The van der Waals surface area contributed by atoms with Crippen LogP contribution in [0.3, 0.4) is 0 Å². The number of rotatable bonds is 23. The van der Waals surface area contributed by atoms with Crippen molar-refractivity contribution in [1.29, 1.82) is 5.41 Å². The third-order valence-electron chi connectivity index (χ3n) is 11.9. The highest BCUT2D eigenvalue weighted by molar-refractivity contribution is 5.97. The van der Waals surface area contributed by atoms with Gasteiger partial charge in [0.15, 0.2) is 5.96 Å². The molecule has 5 rings (SSSR count). The topological polar surface area (TPSA) is 278 Å². The summed E-state index contributed by atoms with van der Waals surface area (Å²) in [5.41, 5.74) is 13.7. The van der Waals surface area contributed by atoms with Crippen molar-refractivity contribution in [1.82, 2.24) is 36.5 Å². The lowest BCUT2D eigenvalue weighted by Gasteiger charge is -2.32. The molecule has 62 heavy (non-hydrogen) atoms. The van der Waals surface area contributed by atoms with Crippen LogP contribution in [0.4, 0.5) is 0 Å². The number of hydrogen-bond donors (Lipinski definition) is 10. The van der Waals surface area contributed by atoms with E-state index in [1.165, 1.54) is 4.90 Å². The summed E-state index contributed by atoms with van der Waals surface area (Å²) in [4.78, 5) is 87.0. The average molecular weight is 857 g/mol. The number of fused-ring (bicyclic) bond motifs is 1. The van der Waals surface area contributed by atoms with E-state index in [-0.39, 0.29) is 49.5 Å². The van der Waals surface area contributed by atoms with E-state index in [0.717, 1.165) is 54.1 Å². The third kappa shape index (κ3) is 14.0. The number of guanidine groups is 1. The van der Waals surface area contributed by atoms with Crippen LogP contribution >= 0.6 is 0 Å². The van der Waals surface area contributed by atoms with Crippen molar-refractivity contribution in [2.75, 3.05) is 19.6 Å². The quantitative estimate of drug-likeness (QED) is 0.0378. The Kier molecular flexibility index (Phi) is 18.1. The summed E-state index contributed by atoms with van der Waals surface area (Å²) >= 11 is 0. The lowest BCUT2D eigenvalue weighted by atomic mass is 9.84. The van der Waals surface area contributed by atoms with Crippen LogP contribution in [0.2, 0.25) is 0 Å². The van der Waals surface area contributed by atoms with Crippen molar-refractivity contribution in [2.24, 2.45) is 17.4 Å². The fourth-order valence-corrected chi connectivity index (χ4v) is 8.57. The van der Waals surface area contributed by atoms with Crippen molar-refractivity contribution < 1.29 is 33.9 Å². The number of H-pyrrole nitrogens is 1. The van der Waals surface area contributed by atoms with Gasteiger partial charge in [-0.3, -0.25) is 29.4 Å². The number of amides is 5. The Morgan fingerprint density at radius 1 is 0.806 bits per heavy atom. The molecular formula is C45H64N10O7. The monoisotopic (exact) mass is 856 g/mol. The molecule has 1 saturated carbocycles. The zero-order valence-corrected chi connectivity index (χ0v) is 35.5. The molecule has 17 nitrogen and oxygen atoms in total. The molecule has 5 atom stereocenters. The number of likely N-dealkylation sites (tertiary alicyclic amines) is 1. The minimum Gasteiger partial charge on any atom is -0.480 e. The van der Waals surface area contributed by atoms with Crippen LogP contribution in [-0.4, -0.2) is 106 Å². The maximum absolute atomic E-state index is 14.5. The van der Waals surface area contributed by atoms with Gasteiger partial charge >= 0.3 is 5.97 Å². The lowest BCUT2D eigenvalue weighted by molar-refractivity contribution is -0.143. The fraction of sp³-hybridized carbons (Fsp3) is 0.533. The van der Waals surface area contributed by atoms with Crippen molar-refractivity contribution in [3.8, 4) is 0 Å². The Morgan fingerprint density at radius 2 is 1.50 bits per heavy atom. The van der Waals surface area contributed by atoms with Gasteiger partial charge in [-0.05, 0) is 81.0 Å². The molecule has 336 valence electrons. The number of nitrogens with one attached hydrogen (secondary N) is 7. The zero-order chi connectivity index (χ0) is 44.4. The van der Waals surface area contributed by atoms with E-state index in [2.05, 4.69) is 31.6 Å². The molecule has 1 aliphatic carbocycles. The van der Waals surface area contributed by atoms with Gasteiger partial charge in [0.2, 0.25) is 29.5 Å². The van der Waals surface area contributed by atoms with Crippen LogP contribution < -0.4 is 38.1 Å². The molecule has 2 fully saturated rings. The van der Waals surface area contributed by atoms with Crippen LogP contribution in [-0.2, 0) is 41.6 Å². The van der Waals surface area contributed by atoms with Gasteiger partial charge in [-0.25, -0.2) is 4.79 Å². The van der Waals surface area contributed by atoms with Crippen molar-refractivity contribution in [2.45, 2.75) is 127 Å². The molecule has 3 aromatic rings.